The van der Waals surface area contributed by atoms with E-state index in [0.717, 1.165) is 130 Å². The molecule has 4 amide bonds. The molecule has 4 saturated heterocycles. The molecule has 2 N–H and O–H groups in total. The SMILES string of the molecule is CCN(C(=O)c1cc(F)ccc1Oc1nncnc1N1CCC2(C1)CN([C@H](CCCN(C)CCCC(=O)N(C)C)C(C)C)C2)C(C)C.CCN(C(=O)c1cc(F)ccc1Oc1nncnc1N1CCC2(C1)CN([C@H](CCCN(C)CCCC(=O)N(C)C)C(C)C)C2)C(C)C.O=C(O)/C=C/C(=O)O. The molecule has 564 valence electrons. The van der Waals surface area contributed by atoms with Gasteiger partial charge < -0.3 is 58.9 Å². The van der Waals surface area contributed by atoms with Gasteiger partial charge in [0.25, 0.3) is 23.6 Å². The summed E-state index contributed by atoms with van der Waals surface area (Å²) in [4.78, 5) is 99.7. The van der Waals surface area contributed by atoms with Gasteiger partial charge in [0, 0.05) is 154 Å². The van der Waals surface area contributed by atoms with Gasteiger partial charge in [0.2, 0.25) is 11.8 Å². The van der Waals surface area contributed by atoms with Crippen molar-refractivity contribution in [2.75, 3.05) is 144 Å². The van der Waals surface area contributed by atoms with Gasteiger partial charge in [-0.3, -0.25) is 29.0 Å². The molecule has 0 saturated carbocycles. The number of nitrogens with zero attached hydrogens (tertiary/aromatic N) is 16. The minimum absolute atomic E-state index is 0.0482. The summed E-state index contributed by atoms with van der Waals surface area (Å²) in [6, 6.07) is 8.92. The number of halogens is 2. The third-order valence-corrected chi connectivity index (χ3v) is 19.8. The molecule has 2 aromatic carbocycles. The Kier molecular flexibility index (Phi) is 31.7. The van der Waals surface area contributed by atoms with Gasteiger partial charge in [0.05, 0.1) is 11.1 Å². The molecular weight excluding hydrogens is 1310 g/mol. The number of benzene rings is 2. The average molecular weight is 1430 g/mol. The molecular formula is C74H114F2N16O10. The number of likely N-dealkylation sites (tertiary alicyclic amines) is 2. The van der Waals surface area contributed by atoms with Crippen molar-refractivity contribution in [3.63, 3.8) is 0 Å². The van der Waals surface area contributed by atoms with Crippen LogP contribution in [0.5, 0.6) is 23.3 Å². The van der Waals surface area contributed by atoms with E-state index in [-0.39, 0.29) is 80.9 Å². The number of anilines is 2. The molecule has 4 aliphatic rings. The maximum Gasteiger partial charge on any atom is 0.328 e. The number of carbonyl (C=O) groups excluding carboxylic acids is 4. The third kappa shape index (κ3) is 23.7. The second-order valence-corrected chi connectivity index (χ2v) is 29.5. The molecule has 2 atom stereocenters. The summed E-state index contributed by atoms with van der Waals surface area (Å²) in [5.74, 6) is -0.557. The summed E-state index contributed by atoms with van der Waals surface area (Å²) < 4.78 is 41.0. The maximum absolute atomic E-state index is 14.3. The Morgan fingerprint density at radius 2 is 0.892 bits per heavy atom. The zero-order chi connectivity index (χ0) is 75.2. The molecule has 0 bridgehead atoms. The highest BCUT2D eigenvalue weighted by Crippen LogP contribution is 2.47. The van der Waals surface area contributed by atoms with Crippen LogP contribution in [0.3, 0.4) is 0 Å². The lowest BCUT2D eigenvalue weighted by Gasteiger charge is -2.53. The average Bonchev–Trinajstić information content (AvgIpc) is 1.53. The van der Waals surface area contributed by atoms with Crippen LogP contribution in [0.15, 0.2) is 61.2 Å². The molecule has 8 rings (SSSR count). The van der Waals surface area contributed by atoms with Crippen LogP contribution in [-0.2, 0) is 19.2 Å². The van der Waals surface area contributed by atoms with E-state index in [1.54, 1.807) is 19.6 Å². The monoisotopic (exact) mass is 1420 g/mol. The second kappa shape index (κ2) is 39.0. The Hall–Kier alpha value is -8.08. The summed E-state index contributed by atoms with van der Waals surface area (Å²) in [7, 11) is 11.5. The van der Waals surface area contributed by atoms with Crippen molar-refractivity contribution >= 4 is 47.2 Å². The van der Waals surface area contributed by atoms with Gasteiger partial charge in [-0.25, -0.2) is 28.3 Å². The summed E-state index contributed by atoms with van der Waals surface area (Å²) in [6.07, 6.45) is 13.6. The molecule has 2 aromatic heterocycles. The number of carboxylic acids is 2. The molecule has 4 fully saturated rings. The fraction of sp³-hybridized carbons (Fsp3) is 0.649. The van der Waals surface area contributed by atoms with Crippen LogP contribution >= 0.6 is 0 Å². The fourth-order valence-corrected chi connectivity index (χ4v) is 14.3. The number of carboxylic acid groups (broad SMARTS) is 2. The van der Waals surface area contributed by atoms with E-state index in [4.69, 9.17) is 19.7 Å². The van der Waals surface area contributed by atoms with E-state index in [1.165, 1.54) is 49.1 Å². The Bertz CT molecular complexity index is 3200. The Labute approximate surface area is 602 Å². The number of ether oxygens (including phenoxy) is 2. The van der Waals surface area contributed by atoms with Crippen molar-refractivity contribution in [1.29, 1.82) is 0 Å². The number of amides is 4. The minimum Gasteiger partial charge on any atom is -0.478 e. The smallest absolute Gasteiger partial charge is 0.328 e. The van der Waals surface area contributed by atoms with Crippen molar-refractivity contribution in [1.82, 2.24) is 69.6 Å². The van der Waals surface area contributed by atoms with Crippen LogP contribution in [0.2, 0.25) is 0 Å². The van der Waals surface area contributed by atoms with E-state index < -0.39 is 23.6 Å². The second-order valence-electron chi connectivity index (χ2n) is 29.5. The van der Waals surface area contributed by atoms with Crippen molar-refractivity contribution in [3.8, 4) is 23.3 Å². The predicted octanol–water partition coefficient (Wildman–Crippen LogP) is 9.29. The van der Waals surface area contributed by atoms with E-state index in [1.807, 2.05) is 69.7 Å². The number of hydrogen-bond donors (Lipinski definition) is 2. The lowest BCUT2D eigenvalue weighted by atomic mass is 9.76. The fourth-order valence-electron chi connectivity index (χ4n) is 14.3. The Morgan fingerprint density at radius 3 is 1.21 bits per heavy atom. The predicted molar refractivity (Wildman–Crippen MR) is 389 cm³/mol. The largest absolute Gasteiger partial charge is 0.478 e. The first kappa shape index (κ1) is 82.9. The standard InChI is InChI=1S/2C35H55FN8O3.C4H4O4/c2*1-9-44(26(4)5)34(46)28-20-27(36)14-15-30(28)47-33-32(37-24-38-39-33)42-19-16-35(21-42)22-43(23-35)29(25(2)3)12-10-17-41(8)18-11-13-31(45)40(6)7;5-3(6)1-2-4(7)8/h2*14-15,20,24-26,29H,9-13,16-19,21-23H2,1-8H3;1-2H,(H,5,6)(H,7,8)/b;;2-1+/t2*29-;/m11./s1. The number of rotatable bonds is 34. The number of hydrogen-bond acceptors (Lipinski definition) is 20. The first-order chi connectivity index (χ1) is 48.3. The van der Waals surface area contributed by atoms with Gasteiger partial charge in [-0.1, -0.05) is 27.7 Å². The van der Waals surface area contributed by atoms with Gasteiger partial charge in [-0.05, 0) is 181 Å². The van der Waals surface area contributed by atoms with E-state index >= 15 is 0 Å². The minimum atomic E-state index is -1.26. The van der Waals surface area contributed by atoms with Crippen molar-refractivity contribution in [2.45, 2.75) is 158 Å². The maximum atomic E-state index is 14.3. The van der Waals surface area contributed by atoms with Crippen LogP contribution in [0.25, 0.3) is 0 Å². The van der Waals surface area contributed by atoms with E-state index in [0.29, 0.717) is 73.6 Å². The van der Waals surface area contributed by atoms with Crippen LogP contribution in [0, 0.1) is 34.3 Å². The molecule has 4 aromatic rings. The highest BCUT2D eigenvalue weighted by atomic mass is 19.1. The van der Waals surface area contributed by atoms with Gasteiger partial charge in [0.15, 0.2) is 11.6 Å². The molecule has 4 aliphatic heterocycles. The molecule has 102 heavy (non-hydrogen) atoms. The van der Waals surface area contributed by atoms with Crippen LogP contribution in [0.1, 0.15) is 154 Å². The summed E-state index contributed by atoms with van der Waals surface area (Å²) in [6.45, 7) is 33.2. The molecule has 26 nitrogen and oxygen atoms in total. The van der Waals surface area contributed by atoms with Crippen molar-refractivity contribution in [2.24, 2.45) is 22.7 Å². The Balaban J connectivity index is 0.000000289. The molecule has 0 radical (unpaired) electrons. The van der Waals surface area contributed by atoms with Crippen molar-refractivity contribution < 1.29 is 57.2 Å². The van der Waals surface area contributed by atoms with Gasteiger partial charge in [-0.2, -0.15) is 0 Å². The summed E-state index contributed by atoms with van der Waals surface area (Å²) in [5, 5.41) is 32.1. The number of aliphatic carboxylic acids is 2. The molecule has 2 spiro atoms. The van der Waals surface area contributed by atoms with Crippen LogP contribution in [-0.4, -0.2) is 273 Å². The first-order valence-electron chi connectivity index (χ1n) is 36.1. The Morgan fingerprint density at radius 1 is 0.539 bits per heavy atom. The third-order valence-electron chi connectivity index (χ3n) is 19.8. The van der Waals surface area contributed by atoms with E-state index in [9.17, 15) is 37.5 Å². The number of aromatic nitrogens is 6. The molecule has 28 heteroatoms. The molecule has 0 aliphatic carbocycles. The number of carbonyl (C=O) groups is 6. The van der Waals surface area contributed by atoms with Gasteiger partial charge >= 0.3 is 11.9 Å². The topological polar surface area (TPSA) is 271 Å². The molecule has 6 heterocycles. The van der Waals surface area contributed by atoms with Crippen molar-refractivity contribution in [3.05, 3.63) is 84.0 Å². The highest BCUT2D eigenvalue weighted by Gasteiger charge is 2.52. The van der Waals surface area contributed by atoms with E-state index in [2.05, 4.69) is 102 Å². The first-order valence-corrected chi connectivity index (χ1v) is 36.1. The van der Waals surface area contributed by atoms with Gasteiger partial charge in [0.1, 0.15) is 35.8 Å². The normalized spacial score (nSPS) is 16.1. The van der Waals surface area contributed by atoms with Crippen LogP contribution in [0.4, 0.5) is 20.4 Å². The lowest BCUT2D eigenvalue weighted by molar-refractivity contribution is -0.134. The van der Waals surface area contributed by atoms with Gasteiger partial charge in [-0.15, -0.1) is 20.4 Å². The zero-order valence-electron chi connectivity index (χ0n) is 63.3. The summed E-state index contributed by atoms with van der Waals surface area (Å²) in [5.41, 5.74) is 0.659. The summed E-state index contributed by atoms with van der Waals surface area (Å²) >= 11 is 0. The quantitative estimate of drug-likeness (QED) is 0.0412. The lowest BCUT2D eigenvalue weighted by Crippen LogP contribution is -2.62. The highest BCUT2D eigenvalue weighted by molar-refractivity contribution is 5.98. The molecule has 0 unspecified atom stereocenters. The van der Waals surface area contributed by atoms with Crippen LogP contribution < -0.4 is 19.3 Å². The zero-order valence-corrected chi connectivity index (χ0v) is 63.3.